The highest BCUT2D eigenvalue weighted by molar-refractivity contribution is 14.0. The Kier molecular flexibility index (Phi) is 8.17. The van der Waals surface area contributed by atoms with Gasteiger partial charge < -0.3 is 11.1 Å². The topological polar surface area (TPSA) is 50.4 Å². The van der Waals surface area contributed by atoms with Gasteiger partial charge in [-0.3, -0.25) is 0 Å². The molecule has 0 atom stereocenters. The maximum atomic E-state index is 13.0. The predicted molar refractivity (Wildman–Crippen MR) is 87.7 cm³/mol. The molecule has 0 bridgehead atoms. The third kappa shape index (κ3) is 6.34. The first-order chi connectivity index (χ1) is 7.99. The quantitative estimate of drug-likeness (QED) is 0.335. The second kappa shape index (κ2) is 8.47. The van der Waals surface area contributed by atoms with Gasteiger partial charge in [0.05, 0.1) is 6.54 Å². The van der Waals surface area contributed by atoms with Crippen LogP contribution in [0.2, 0.25) is 0 Å². The van der Waals surface area contributed by atoms with E-state index in [0.29, 0.717) is 19.0 Å². The molecule has 0 aliphatic rings. The summed E-state index contributed by atoms with van der Waals surface area (Å²) in [4.78, 5) is 4.11. The van der Waals surface area contributed by atoms with Crippen molar-refractivity contribution in [3.8, 4) is 0 Å². The third-order valence-electron chi connectivity index (χ3n) is 2.00. The minimum atomic E-state index is -0.285. The summed E-state index contributed by atoms with van der Waals surface area (Å²) in [6.45, 7) is 6.54. The molecular formula is C12H16BrFIN3. The Balaban J connectivity index is 0.00000289. The normalized spacial score (nSPS) is 10.7. The summed E-state index contributed by atoms with van der Waals surface area (Å²) >= 11 is 3.33. The lowest BCUT2D eigenvalue weighted by Gasteiger charge is -2.06. The van der Waals surface area contributed by atoms with Gasteiger partial charge in [0.1, 0.15) is 5.82 Å². The van der Waals surface area contributed by atoms with Crippen molar-refractivity contribution in [2.24, 2.45) is 10.7 Å². The number of halogens is 3. The van der Waals surface area contributed by atoms with Gasteiger partial charge in [0.25, 0.3) is 0 Å². The Labute approximate surface area is 132 Å². The fourth-order valence-corrected chi connectivity index (χ4v) is 1.50. The van der Waals surface area contributed by atoms with E-state index in [1.807, 2.05) is 6.92 Å². The van der Waals surface area contributed by atoms with Crippen molar-refractivity contribution in [2.45, 2.75) is 13.5 Å². The zero-order valence-electron chi connectivity index (χ0n) is 10.0. The third-order valence-corrected chi connectivity index (χ3v) is 2.77. The Morgan fingerprint density at radius 1 is 1.56 bits per heavy atom. The lowest BCUT2D eigenvalue weighted by atomic mass is 10.2. The van der Waals surface area contributed by atoms with Gasteiger partial charge in [-0.25, -0.2) is 9.38 Å². The molecule has 6 heteroatoms. The number of hydrogen-bond acceptors (Lipinski definition) is 1. The van der Waals surface area contributed by atoms with E-state index in [0.717, 1.165) is 15.6 Å². The molecule has 0 radical (unpaired) electrons. The Morgan fingerprint density at radius 3 is 2.83 bits per heavy atom. The second-order valence-electron chi connectivity index (χ2n) is 3.75. The van der Waals surface area contributed by atoms with E-state index >= 15 is 0 Å². The van der Waals surface area contributed by atoms with Crippen molar-refractivity contribution in [3.05, 3.63) is 46.2 Å². The highest BCUT2D eigenvalue weighted by Gasteiger charge is 2.01. The monoisotopic (exact) mass is 427 g/mol. The Bertz CT molecular complexity index is 449. The van der Waals surface area contributed by atoms with E-state index < -0.39 is 0 Å². The van der Waals surface area contributed by atoms with Crippen LogP contribution >= 0.6 is 39.9 Å². The summed E-state index contributed by atoms with van der Waals surface area (Å²) in [6.07, 6.45) is 0. The van der Waals surface area contributed by atoms with Gasteiger partial charge in [-0.2, -0.15) is 0 Å². The molecule has 0 aliphatic carbocycles. The molecule has 1 aromatic rings. The molecule has 0 saturated heterocycles. The van der Waals surface area contributed by atoms with Crippen LogP contribution in [0.3, 0.4) is 0 Å². The van der Waals surface area contributed by atoms with Gasteiger partial charge in [0.2, 0.25) is 0 Å². The van der Waals surface area contributed by atoms with E-state index in [1.54, 1.807) is 6.07 Å². The molecule has 1 rings (SSSR count). The largest absolute Gasteiger partial charge is 0.370 e. The van der Waals surface area contributed by atoms with Gasteiger partial charge in [-0.05, 0) is 30.7 Å². The average Bonchev–Trinajstić information content (AvgIpc) is 2.27. The standard InChI is InChI=1S/C12H15BrFN3.HI/c1-8(2)6-16-12(15)17-7-9-5-10(14)3-4-11(9)13;/h3-5H,1,6-7H2,2H3,(H3,15,16,17);1H. The molecule has 18 heavy (non-hydrogen) atoms. The smallest absolute Gasteiger partial charge is 0.189 e. The van der Waals surface area contributed by atoms with E-state index in [-0.39, 0.29) is 29.8 Å². The first-order valence-electron chi connectivity index (χ1n) is 5.11. The van der Waals surface area contributed by atoms with Crippen LogP contribution in [-0.4, -0.2) is 12.5 Å². The van der Waals surface area contributed by atoms with Crippen LogP contribution in [0.15, 0.2) is 39.8 Å². The second-order valence-corrected chi connectivity index (χ2v) is 4.60. The highest BCUT2D eigenvalue weighted by Crippen LogP contribution is 2.18. The molecule has 3 N–H and O–H groups in total. The number of guanidine groups is 1. The van der Waals surface area contributed by atoms with Crippen molar-refractivity contribution in [3.63, 3.8) is 0 Å². The Morgan fingerprint density at radius 2 is 2.22 bits per heavy atom. The maximum Gasteiger partial charge on any atom is 0.189 e. The number of nitrogens with two attached hydrogens (primary N) is 1. The molecule has 0 spiro atoms. The molecule has 0 amide bonds. The summed E-state index contributed by atoms with van der Waals surface area (Å²) in [6, 6.07) is 4.47. The first kappa shape index (κ1) is 17.4. The summed E-state index contributed by atoms with van der Waals surface area (Å²) in [5.41, 5.74) is 7.37. The van der Waals surface area contributed by atoms with Gasteiger partial charge in [-0.1, -0.05) is 28.1 Å². The highest BCUT2D eigenvalue weighted by atomic mass is 127. The average molecular weight is 428 g/mol. The zero-order valence-corrected chi connectivity index (χ0v) is 14.0. The van der Waals surface area contributed by atoms with Crippen LogP contribution in [0.1, 0.15) is 12.5 Å². The van der Waals surface area contributed by atoms with E-state index in [9.17, 15) is 4.39 Å². The summed E-state index contributed by atoms with van der Waals surface area (Å²) in [5, 5.41) is 2.91. The van der Waals surface area contributed by atoms with E-state index in [1.165, 1.54) is 12.1 Å². The van der Waals surface area contributed by atoms with Crippen LogP contribution in [0.4, 0.5) is 4.39 Å². The zero-order chi connectivity index (χ0) is 12.8. The minimum Gasteiger partial charge on any atom is -0.370 e. The molecule has 1 aromatic carbocycles. The van der Waals surface area contributed by atoms with Crippen LogP contribution in [0, 0.1) is 5.82 Å². The van der Waals surface area contributed by atoms with Crippen LogP contribution in [0.5, 0.6) is 0 Å². The summed E-state index contributed by atoms with van der Waals surface area (Å²) in [7, 11) is 0. The van der Waals surface area contributed by atoms with Crippen LogP contribution in [0.25, 0.3) is 0 Å². The number of hydrogen-bond donors (Lipinski definition) is 2. The molecule has 100 valence electrons. The number of benzene rings is 1. The van der Waals surface area contributed by atoms with Gasteiger partial charge in [0, 0.05) is 11.0 Å². The molecule has 0 aromatic heterocycles. The van der Waals surface area contributed by atoms with Crippen molar-refractivity contribution >= 4 is 45.9 Å². The lowest BCUT2D eigenvalue weighted by molar-refractivity contribution is 0.625. The van der Waals surface area contributed by atoms with Gasteiger partial charge >= 0.3 is 0 Å². The molecule has 0 heterocycles. The lowest BCUT2D eigenvalue weighted by Crippen LogP contribution is -2.32. The molecule has 0 fully saturated rings. The predicted octanol–water partition coefficient (Wildman–Crippen LogP) is 3.19. The number of rotatable bonds is 4. The number of nitrogens with one attached hydrogen (secondary N) is 1. The first-order valence-corrected chi connectivity index (χ1v) is 5.90. The maximum absolute atomic E-state index is 13.0. The Hall–Kier alpha value is -0.630. The van der Waals surface area contributed by atoms with Gasteiger partial charge in [-0.15, -0.1) is 24.0 Å². The van der Waals surface area contributed by atoms with Crippen molar-refractivity contribution in [1.82, 2.24) is 5.32 Å². The summed E-state index contributed by atoms with van der Waals surface area (Å²) < 4.78 is 13.8. The molecule has 0 aliphatic heterocycles. The fraction of sp³-hybridized carbons (Fsp3) is 0.250. The molecule has 3 nitrogen and oxygen atoms in total. The molecule has 0 saturated carbocycles. The van der Waals surface area contributed by atoms with Gasteiger partial charge in [0.15, 0.2) is 5.96 Å². The van der Waals surface area contributed by atoms with E-state index in [2.05, 4.69) is 32.8 Å². The number of aliphatic imine (C=N–C) groups is 1. The van der Waals surface area contributed by atoms with Crippen molar-refractivity contribution in [1.29, 1.82) is 0 Å². The van der Waals surface area contributed by atoms with E-state index in [4.69, 9.17) is 5.73 Å². The number of nitrogens with zero attached hydrogens (tertiary/aromatic N) is 1. The van der Waals surface area contributed by atoms with Crippen molar-refractivity contribution in [2.75, 3.05) is 6.54 Å². The molecule has 0 unspecified atom stereocenters. The minimum absolute atomic E-state index is 0. The van der Waals surface area contributed by atoms with Crippen LogP contribution in [-0.2, 0) is 6.54 Å². The van der Waals surface area contributed by atoms with Crippen molar-refractivity contribution < 1.29 is 4.39 Å². The SMILES string of the molecule is C=C(C)CNC(N)=NCc1cc(F)ccc1Br.I. The molecular weight excluding hydrogens is 412 g/mol. The summed E-state index contributed by atoms with van der Waals surface area (Å²) in [5.74, 6) is 0.0380. The van der Waals surface area contributed by atoms with Crippen LogP contribution < -0.4 is 11.1 Å². The fourth-order valence-electron chi connectivity index (χ4n) is 1.13.